The van der Waals surface area contributed by atoms with E-state index in [1.165, 1.54) is 11.6 Å². The second-order valence-electron chi connectivity index (χ2n) is 7.15. The molecule has 0 aliphatic rings. The molecular formula is C26H27NO4. The van der Waals surface area contributed by atoms with Crippen molar-refractivity contribution in [1.29, 1.82) is 0 Å². The summed E-state index contributed by atoms with van der Waals surface area (Å²) in [4.78, 5) is 12.4. The van der Waals surface area contributed by atoms with Gasteiger partial charge in [-0.1, -0.05) is 36.4 Å². The van der Waals surface area contributed by atoms with E-state index in [0.717, 1.165) is 16.7 Å². The maximum atomic E-state index is 12.4. The fourth-order valence-electron chi connectivity index (χ4n) is 3.10. The van der Waals surface area contributed by atoms with Crippen LogP contribution in [0.1, 0.15) is 22.3 Å². The van der Waals surface area contributed by atoms with Crippen LogP contribution in [0.3, 0.4) is 0 Å². The van der Waals surface area contributed by atoms with E-state index in [0.29, 0.717) is 29.5 Å². The van der Waals surface area contributed by atoms with Crippen molar-refractivity contribution in [2.75, 3.05) is 19.5 Å². The summed E-state index contributed by atoms with van der Waals surface area (Å²) < 4.78 is 16.7. The third kappa shape index (κ3) is 5.89. The summed E-state index contributed by atoms with van der Waals surface area (Å²) in [5, 5.41) is 2.85. The van der Waals surface area contributed by atoms with Crippen LogP contribution in [-0.2, 0) is 11.4 Å². The highest BCUT2D eigenvalue weighted by molar-refractivity contribution is 6.02. The van der Waals surface area contributed by atoms with E-state index in [4.69, 9.17) is 14.2 Å². The number of nitrogens with one attached hydrogen (secondary N) is 1. The average Bonchev–Trinajstić information content (AvgIpc) is 2.77. The number of hydrogen-bond donors (Lipinski definition) is 1. The Morgan fingerprint density at radius 1 is 0.903 bits per heavy atom. The van der Waals surface area contributed by atoms with Crippen LogP contribution in [0.25, 0.3) is 6.08 Å². The number of rotatable bonds is 8. The summed E-state index contributed by atoms with van der Waals surface area (Å²) in [6, 6.07) is 19.3. The summed E-state index contributed by atoms with van der Waals surface area (Å²) in [5.74, 6) is 1.63. The van der Waals surface area contributed by atoms with Crippen LogP contribution in [0.5, 0.6) is 17.2 Å². The molecular weight excluding hydrogens is 390 g/mol. The molecule has 0 fully saturated rings. The molecule has 160 valence electrons. The number of anilines is 1. The molecule has 3 aromatic rings. The van der Waals surface area contributed by atoms with Gasteiger partial charge in [-0.05, 0) is 66.4 Å². The van der Waals surface area contributed by atoms with Gasteiger partial charge in [0.1, 0.15) is 12.4 Å². The monoisotopic (exact) mass is 417 g/mol. The first-order valence-electron chi connectivity index (χ1n) is 9.99. The van der Waals surface area contributed by atoms with Gasteiger partial charge in [-0.3, -0.25) is 4.79 Å². The van der Waals surface area contributed by atoms with Crippen LogP contribution in [0.2, 0.25) is 0 Å². The second kappa shape index (κ2) is 10.3. The Bertz CT molecular complexity index is 1090. The van der Waals surface area contributed by atoms with Gasteiger partial charge in [0.05, 0.1) is 19.9 Å². The van der Waals surface area contributed by atoms with Gasteiger partial charge >= 0.3 is 0 Å². The Kier molecular flexibility index (Phi) is 7.33. The minimum atomic E-state index is -0.247. The van der Waals surface area contributed by atoms with E-state index in [1.807, 2.05) is 61.5 Å². The number of methoxy groups -OCH3 is 2. The Morgan fingerprint density at radius 3 is 2.39 bits per heavy atom. The normalized spacial score (nSPS) is 10.7. The lowest BCUT2D eigenvalue weighted by molar-refractivity contribution is -0.111. The quantitative estimate of drug-likeness (QED) is 0.488. The SMILES string of the molecule is COc1ccc(C)cc1NC(=O)/C=C/c1ccc(OCc2ccccc2C)c(OC)c1. The number of carbonyl (C=O) groups excluding carboxylic acids is 1. The molecule has 5 nitrogen and oxygen atoms in total. The first-order chi connectivity index (χ1) is 15.0. The van der Waals surface area contributed by atoms with E-state index >= 15 is 0 Å². The number of carbonyl (C=O) groups is 1. The van der Waals surface area contributed by atoms with Crippen LogP contribution in [0, 0.1) is 13.8 Å². The van der Waals surface area contributed by atoms with E-state index in [2.05, 4.69) is 18.3 Å². The molecule has 31 heavy (non-hydrogen) atoms. The molecule has 0 aromatic heterocycles. The molecule has 5 heteroatoms. The van der Waals surface area contributed by atoms with E-state index in [9.17, 15) is 4.79 Å². The summed E-state index contributed by atoms with van der Waals surface area (Å²) >= 11 is 0. The van der Waals surface area contributed by atoms with Gasteiger partial charge in [-0.25, -0.2) is 0 Å². The molecule has 1 amide bonds. The van der Waals surface area contributed by atoms with Crippen molar-refractivity contribution in [2.24, 2.45) is 0 Å². The van der Waals surface area contributed by atoms with Gasteiger partial charge in [-0.15, -0.1) is 0 Å². The third-order valence-corrected chi connectivity index (χ3v) is 4.87. The van der Waals surface area contributed by atoms with Gasteiger partial charge < -0.3 is 19.5 Å². The van der Waals surface area contributed by atoms with E-state index in [-0.39, 0.29) is 5.91 Å². The molecule has 3 rings (SSSR count). The van der Waals surface area contributed by atoms with Gasteiger partial charge in [0, 0.05) is 6.08 Å². The molecule has 0 unspecified atom stereocenters. The van der Waals surface area contributed by atoms with Crippen LogP contribution in [0.15, 0.2) is 66.7 Å². The minimum Gasteiger partial charge on any atom is -0.495 e. The molecule has 3 aromatic carbocycles. The Morgan fingerprint density at radius 2 is 1.65 bits per heavy atom. The summed E-state index contributed by atoms with van der Waals surface area (Å²) in [6.45, 7) is 4.47. The van der Waals surface area contributed by atoms with E-state index < -0.39 is 0 Å². The summed E-state index contributed by atoms with van der Waals surface area (Å²) in [7, 11) is 3.17. The Labute approximate surface area is 183 Å². The maximum absolute atomic E-state index is 12.4. The lowest BCUT2D eigenvalue weighted by Crippen LogP contribution is -2.09. The lowest BCUT2D eigenvalue weighted by atomic mass is 10.1. The van der Waals surface area contributed by atoms with Gasteiger partial charge in [0.25, 0.3) is 0 Å². The number of hydrogen-bond acceptors (Lipinski definition) is 4. The Balaban J connectivity index is 1.68. The zero-order chi connectivity index (χ0) is 22.2. The zero-order valence-electron chi connectivity index (χ0n) is 18.3. The predicted octanol–water partition coefficient (Wildman–Crippen LogP) is 5.55. The van der Waals surface area contributed by atoms with Crippen molar-refractivity contribution in [3.63, 3.8) is 0 Å². The van der Waals surface area contributed by atoms with Crippen molar-refractivity contribution in [2.45, 2.75) is 20.5 Å². The standard InChI is InChI=1S/C26H27NO4/c1-18-9-12-23(29-3)22(15-18)27-26(28)14-11-20-10-13-24(25(16-20)30-4)31-17-21-8-6-5-7-19(21)2/h5-16H,17H2,1-4H3,(H,27,28)/b14-11+. The average molecular weight is 418 g/mol. The molecule has 0 saturated heterocycles. The zero-order valence-corrected chi connectivity index (χ0v) is 18.3. The first kappa shape index (κ1) is 22.0. The molecule has 0 spiro atoms. The molecule has 0 atom stereocenters. The number of amides is 1. The topological polar surface area (TPSA) is 56.8 Å². The number of benzene rings is 3. The van der Waals surface area contributed by atoms with Crippen LogP contribution in [-0.4, -0.2) is 20.1 Å². The minimum absolute atomic E-state index is 0.247. The fraction of sp³-hybridized carbons (Fsp3) is 0.192. The van der Waals surface area contributed by atoms with E-state index in [1.54, 1.807) is 20.3 Å². The van der Waals surface area contributed by atoms with Gasteiger partial charge in [0.2, 0.25) is 5.91 Å². The molecule has 1 N–H and O–H groups in total. The van der Waals surface area contributed by atoms with Gasteiger partial charge in [-0.2, -0.15) is 0 Å². The lowest BCUT2D eigenvalue weighted by Gasteiger charge is -2.12. The summed E-state index contributed by atoms with van der Waals surface area (Å²) in [5.41, 5.74) is 4.79. The number of aryl methyl sites for hydroxylation is 2. The highest BCUT2D eigenvalue weighted by Gasteiger charge is 2.08. The molecule has 0 aliphatic carbocycles. The largest absolute Gasteiger partial charge is 0.495 e. The smallest absolute Gasteiger partial charge is 0.248 e. The van der Waals surface area contributed by atoms with Crippen molar-refractivity contribution in [3.05, 3.63) is 89.0 Å². The predicted molar refractivity (Wildman–Crippen MR) is 124 cm³/mol. The van der Waals surface area contributed by atoms with Crippen LogP contribution < -0.4 is 19.5 Å². The molecule has 0 saturated carbocycles. The van der Waals surface area contributed by atoms with Gasteiger partial charge in [0.15, 0.2) is 11.5 Å². The van der Waals surface area contributed by atoms with Crippen molar-refractivity contribution in [3.8, 4) is 17.2 Å². The second-order valence-corrected chi connectivity index (χ2v) is 7.15. The van der Waals surface area contributed by atoms with Crippen molar-refractivity contribution < 1.29 is 19.0 Å². The Hall–Kier alpha value is -3.73. The number of ether oxygens (including phenoxy) is 3. The van der Waals surface area contributed by atoms with Crippen LogP contribution >= 0.6 is 0 Å². The molecule has 0 bridgehead atoms. The summed E-state index contributed by atoms with van der Waals surface area (Å²) in [6.07, 6.45) is 3.20. The third-order valence-electron chi connectivity index (χ3n) is 4.87. The maximum Gasteiger partial charge on any atom is 0.248 e. The fourth-order valence-corrected chi connectivity index (χ4v) is 3.10. The highest BCUT2D eigenvalue weighted by atomic mass is 16.5. The van der Waals surface area contributed by atoms with Crippen LogP contribution in [0.4, 0.5) is 5.69 Å². The first-order valence-corrected chi connectivity index (χ1v) is 9.99. The highest BCUT2D eigenvalue weighted by Crippen LogP contribution is 2.30. The molecule has 0 heterocycles. The van der Waals surface area contributed by atoms with Crippen molar-refractivity contribution in [1.82, 2.24) is 0 Å². The molecule has 0 aliphatic heterocycles. The van der Waals surface area contributed by atoms with Crippen molar-refractivity contribution >= 4 is 17.7 Å². The molecule has 0 radical (unpaired) electrons.